The minimum Gasteiger partial charge on any atom is -0.388 e. The van der Waals surface area contributed by atoms with Crippen molar-refractivity contribution < 1.29 is 0 Å². The molecule has 188 valence electrons. The molecule has 4 rings (SSSR count). The van der Waals surface area contributed by atoms with Crippen molar-refractivity contribution in [2.75, 3.05) is 33.0 Å². The Labute approximate surface area is 219 Å². The second-order valence-corrected chi connectivity index (χ2v) is 8.69. The zero-order valence-corrected chi connectivity index (χ0v) is 22.0. The van der Waals surface area contributed by atoms with Gasteiger partial charge in [-0.15, -0.1) is 12.8 Å². The number of rotatable bonds is 9. The van der Waals surface area contributed by atoms with Gasteiger partial charge in [0.05, 0.1) is 17.4 Å². The van der Waals surface area contributed by atoms with Crippen molar-refractivity contribution in [2.24, 2.45) is 0 Å². The summed E-state index contributed by atoms with van der Waals surface area (Å²) in [4.78, 5) is 19.4. The maximum Gasteiger partial charge on any atom is 0.111 e. The van der Waals surface area contributed by atoms with Gasteiger partial charge in [-0.3, -0.25) is 9.97 Å². The summed E-state index contributed by atoms with van der Waals surface area (Å²) in [5.41, 5.74) is 9.31. The van der Waals surface area contributed by atoms with E-state index in [-0.39, 0.29) is 0 Å². The molecule has 6 heteroatoms. The molecular weight excluding hydrogens is 456 g/mol. The van der Waals surface area contributed by atoms with Gasteiger partial charge in [-0.05, 0) is 67.6 Å². The summed E-state index contributed by atoms with van der Waals surface area (Å²) >= 11 is 0. The van der Waals surface area contributed by atoms with Crippen LogP contribution in [0.5, 0.6) is 0 Å². The Hall–Kier alpha value is -4.47. The van der Waals surface area contributed by atoms with E-state index in [4.69, 9.17) is 4.98 Å². The number of anilines is 1. The summed E-state index contributed by atoms with van der Waals surface area (Å²) < 4.78 is 0. The van der Waals surface area contributed by atoms with E-state index in [9.17, 15) is 0 Å². The molecule has 0 aliphatic heterocycles. The number of nitrogens with zero attached hydrogens (tertiary/aromatic N) is 4. The van der Waals surface area contributed by atoms with E-state index in [1.807, 2.05) is 43.7 Å². The molecule has 4 aromatic rings. The van der Waals surface area contributed by atoms with Crippen LogP contribution in [0.4, 0.5) is 5.69 Å². The number of allylic oxidation sites excluding steroid dienone is 3. The molecule has 0 amide bonds. The fraction of sp³-hybridized carbons (Fsp3) is 0.194. The molecule has 0 saturated heterocycles. The Kier molecular flexibility index (Phi) is 9.54. The van der Waals surface area contributed by atoms with Gasteiger partial charge in [0, 0.05) is 43.7 Å². The van der Waals surface area contributed by atoms with Crippen LogP contribution in [-0.4, -0.2) is 52.5 Å². The Balaban J connectivity index is 0.00000186. The highest BCUT2D eigenvalue weighted by Crippen LogP contribution is 2.28. The fourth-order valence-corrected chi connectivity index (χ4v) is 4.19. The molecule has 0 unspecified atom stereocenters. The molecule has 0 bridgehead atoms. The maximum absolute atomic E-state index is 4.94. The van der Waals surface area contributed by atoms with Crippen LogP contribution >= 0.6 is 0 Å². The summed E-state index contributed by atoms with van der Waals surface area (Å²) in [7, 11) is 6.08. The minimum absolute atomic E-state index is 0.660. The summed E-state index contributed by atoms with van der Waals surface area (Å²) in [6, 6.07) is 12.4. The second-order valence-electron chi connectivity index (χ2n) is 8.69. The third-order valence-electron chi connectivity index (χ3n) is 5.86. The first-order valence-electron chi connectivity index (χ1n) is 12.0. The lowest BCUT2D eigenvalue weighted by atomic mass is 9.98. The molecule has 37 heavy (non-hydrogen) atoms. The average Bonchev–Trinajstić information content (AvgIpc) is 3.35. The van der Waals surface area contributed by atoms with Crippen molar-refractivity contribution in [3.8, 4) is 24.1 Å². The molecule has 0 spiro atoms. The van der Waals surface area contributed by atoms with Crippen LogP contribution in [-0.2, 0) is 6.42 Å². The topological polar surface area (TPSA) is 69.7 Å². The van der Waals surface area contributed by atoms with E-state index >= 15 is 0 Å². The lowest BCUT2D eigenvalue weighted by molar-refractivity contribution is 0.449. The number of hydrogen-bond acceptors (Lipinski definition) is 5. The van der Waals surface area contributed by atoms with Gasteiger partial charge in [-0.25, -0.2) is 4.98 Å². The largest absolute Gasteiger partial charge is 0.388 e. The van der Waals surface area contributed by atoms with Crippen LogP contribution in [0, 0.1) is 12.8 Å². The van der Waals surface area contributed by atoms with E-state index in [1.165, 1.54) is 5.57 Å². The second kappa shape index (κ2) is 13.0. The van der Waals surface area contributed by atoms with Crippen LogP contribution < -0.4 is 5.32 Å². The van der Waals surface area contributed by atoms with E-state index in [1.54, 1.807) is 6.20 Å². The van der Waals surface area contributed by atoms with Crippen molar-refractivity contribution in [2.45, 2.75) is 13.3 Å². The summed E-state index contributed by atoms with van der Waals surface area (Å²) in [5.74, 6) is 0.885. The number of nitrogens with one attached hydrogen (secondary N) is 2. The summed E-state index contributed by atoms with van der Waals surface area (Å²) in [6.07, 6.45) is 20.4. The van der Waals surface area contributed by atoms with Crippen LogP contribution in [0.3, 0.4) is 0 Å². The van der Waals surface area contributed by atoms with E-state index in [2.05, 4.69) is 96.0 Å². The minimum atomic E-state index is 0.660. The number of aromatic nitrogens is 4. The van der Waals surface area contributed by atoms with E-state index in [0.29, 0.717) is 6.42 Å². The molecular formula is C31H34N6. The predicted octanol–water partition coefficient (Wildman–Crippen LogP) is 5.98. The molecule has 2 N–H and O–H groups in total. The number of H-pyrrole nitrogens is 1. The third-order valence-corrected chi connectivity index (χ3v) is 5.86. The van der Waals surface area contributed by atoms with Crippen molar-refractivity contribution in [1.29, 1.82) is 0 Å². The van der Waals surface area contributed by atoms with Crippen molar-refractivity contribution >= 4 is 22.3 Å². The summed E-state index contributed by atoms with van der Waals surface area (Å²) in [5, 5.41) is 3.33. The zero-order chi connectivity index (χ0) is 26.8. The highest BCUT2D eigenvalue weighted by atomic mass is 15.0. The Morgan fingerprint density at radius 3 is 2.62 bits per heavy atom. The highest BCUT2D eigenvalue weighted by Gasteiger charge is 2.13. The van der Waals surface area contributed by atoms with Crippen LogP contribution in [0.2, 0.25) is 0 Å². The average molecular weight is 491 g/mol. The number of benzene rings is 1. The maximum atomic E-state index is 4.94. The quantitative estimate of drug-likeness (QED) is 0.223. The van der Waals surface area contributed by atoms with Crippen molar-refractivity contribution in [1.82, 2.24) is 24.8 Å². The predicted molar refractivity (Wildman–Crippen MR) is 156 cm³/mol. The van der Waals surface area contributed by atoms with Gasteiger partial charge < -0.3 is 15.2 Å². The number of imidazole rings is 1. The molecule has 0 fully saturated rings. The number of aromatic amines is 1. The standard InChI is InChI=1S/C29H32N6.C2H2/c1-6-20(19-35(4)5)14-21(7-2)22-11-12-25(30-3)23(15-22)16-28-33-27-18-31-17-24(29(27)34-28)26-10-8-9-13-32-26;1-2/h6-15,17-18,30H,1,16,19H2,2-5H3,(H,33,34);1-2H/b20-14+,21-7+;. The molecule has 3 heterocycles. The summed E-state index contributed by atoms with van der Waals surface area (Å²) in [6.45, 7) is 6.90. The molecule has 0 radical (unpaired) electrons. The molecule has 0 aliphatic carbocycles. The van der Waals surface area contributed by atoms with Crippen molar-refractivity contribution in [3.63, 3.8) is 0 Å². The van der Waals surface area contributed by atoms with Gasteiger partial charge in [0.25, 0.3) is 0 Å². The SMILES string of the molecule is C#C.C=C/C(=C\C(=C/C)c1ccc(NC)c(Cc2nc3c(-c4ccccn4)cncc3[nH]2)c1)CN(C)C. The first kappa shape index (κ1) is 27.1. The first-order chi connectivity index (χ1) is 18.0. The smallest absolute Gasteiger partial charge is 0.111 e. The Morgan fingerprint density at radius 1 is 1.16 bits per heavy atom. The van der Waals surface area contributed by atoms with Gasteiger partial charge >= 0.3 is 0 Å². The third kappa shape index (κ3) is 6.60. The van der Waals surface area contributed by atoms with Gasteiger partial charge in [-0.1, -0.05) is 36.9 Å². The molecule has 0 atom stereocenters. The molecule has 0 aliphatic rings. The number of hydrogen-bond donors (Lipinski definition) is 2. The van der Waals surface area contributed by atoms with Crippen LogP contribution in [0.1, 0.15) is 23.9 Å². The van der Waals surface area contributed by atoms with E-state index < -0.39 is 0 Å². The normalized spacial score (nSPS) is 11.8. The first-order valence-corrected chi connectivity index (χ1v) is 12.0. The fourth-order valence-electron chi connectivity index (χ4n) is 4.19. The van der Waals surface area contributed by atoms with Crippen molar-refractivity contribution in [3.05, 3.63) is 102 Å². The lowest BCUT2D eigenvalue weighted by Gasteiger charge is -2.14. The van der Waals surface area contributed by atoms with Gasteiger partial charge in [0.1, 0.15) is 11.3 Å². The monoisotopic (exact) mass is 490 g/mol. The van der Waals surface area contributed by atoms with Gasteiger partial charge in [0.2, 0.25) is 0 Å². The molecule has 0 saturated carbocycles. The van der Waals surface area contributed by atoms with Gasteiger partial charge in [0.15, 0.2) is 0 Å². The zero-order valence-electron chi connectivity index (χ0n) is 22.0. The van der Waals surface area contributed by atoms with Crippen LogP contribution in [0.25, 0.3) is 27.9 Å². The highest BCUT2D eigenvalue weighted by molar-refractivity contribution is 5.90. The van der Waals surface area contributed by atoms with E-state index in [0.717, 1.165) is 57.0 Å². The Bertz CT molecular complexity index is 1420. The number of pyridine rings is 2. The lowest BCUT2D eigenvalue weighted by Crippen LogP contribution is -2.14. The Morgan fingerprint density at radius 2 is 1.97 bits per heavy atom. The molecule has 1 aromatic carbocycles. The number of terminal acetylenes is 1. The molecule has 6 nitrogen and oxygen atoms in total. The number of likely N-dealkylation sites (N-methyl/N-ethyl adjacent to an activating group) is 1. The number of fused-ring (bicyclic) bond motifs is 1. The van der Waals surface area contributed by atoms with Crippen LogP contribution in [0.15, 0.2) is 85.4 Å². The molecule has 3 aromatic heterocycles. The van der Waals surface area contributed by atoms with Gasteiger partial charge in [-0.2, -0.15) is 0 Å².